The largest absolute Gasteiger partial charge is 0.455 e. The monoisotopic (exact) mass is 311 g/mol. The van der Waals surface area contributed by atoms with Crippen molar-refractivity contribution in [3.8, 4) is 0 Å². The highest BCUT2D eigenvalue weighted by atomic mass is 16.6. The molecule has 0 aromatic heterocycles. The molecule has 0 N–H and O–H groups in total. The Labute approximate surface area is 134 Å². The van der Waals surface area contributed by atoms with Gasteiger partial charge in [0, 0.05) is 18.2 Å². The van der Waals surface area contributed by atoms with E-state index < -0.39 is 17.0 Å². The van der Waals surface area contributed by atoms with Gasteiger partial charge in [0.05, 0.1) is 4.92 Å². The summed E-state index contributed by atoms with van der Waals surface area (Å²) in [7, 11) is 0. The van der Waals surface area contributed by atoms with Crippen LogP contribution in [-0.4, -0.2) is 10.9 Å². The standard InChI is InChI=1S/C18H17NO4/c1-13-5-3-6-15(11-13)9-10-18(20)23-14(2)16-7-4-8-17(12-16)19(21)22/h3-12,14H,1-2H3/b10-9+/t14-/m0/s1. The molecular formula is C18H17NO4. The van der Waals surface area contributed by atoms with Gasteiger partial charge in [0.25, 0.3) is 5.69 Å². The molecule has 2 aromatic rings. The molecule has 5 heteroatoms. The van der Waals surface area contributed by atoms with E-state index in [4.69, 9.17) is 4.74 Å². The van der Waals surface area contributed by atoms with E-state index in [1.807, 2.05) is 31.2 Å². The second-order valence-corrected chi connectivity index (χ2v) is 5.18. The Morgan fingerprint density at radius 2 is 1.96 bits per heavy atom. The predicted octanol–water partition coefficient (Wildman–Crippen LogP) is 4.22. The first-order chi connectivity index (χ1) is 11.0. The highest BCUT2D eigenvalue weighted by Crippen LogP contribution is 2.22. The van der Waals surface area contributed by atoms with Crippen molar-refractivity contribution in [2.45, 2.75) is 20.0 Å². The average molecular weight is 311 g/mol. The molecule has 0 unspecified atom stereocenters. The third kappa shape index (κ3) is 4.78. The summed E-state index contributed by atoms with van der Waals surface area (Å²) in [4.78, 5) is 22.2. The number of nitrogens with zero attached hydrogens (tertiary/aromatic N) is 1. The van der Waals surface area contributed by atoms with Crippen LogP contribution in [0.25, 0.3) is 6.08 Å². The van der Waals surface area contributed by atoms with Gasteiger partial charge in [0.2, 0.25) is 0 Å². The number of carbonyl (C=O) groups is 1. The van der Waals surface area contributed by atoms with Crippen molar-refractivity contribution in [3.05, 3.63) is 81.4 Å². The maximum Gasteiger partial charge on any atom is 0.331 e. The van der Waals surface area contributed by atoms with Crippen molar-refractivity contribution < 1.29 is 14.5 Å². The first-order valence-corrected chi connectivity index (χ1v) is 7.15. The lowest BCUT2D eigenvalue weighted by Crippen LogP contribution is -2.06. The van der Waals surface area contributed by atoms with Gasteiger partial charge < -0.3 is 4.74 Å². The summed E-state index contributed by atoms with van der Waals surface area (Å²) >= 11 is 0. The van der Waals surface area contributed by atoms with Gasteiger partial charge in [-0.2, -0.15) is 0 Å². The SMILES string of the molecule is Cc1cccc(/C=C/C(=O)O[C@@H](C)c2cccc([N+](=O)[O-])c2)c1. The number of carbonyl (C=O) groups excluding carboxylic acids is 1. The van der Waals surface area contributed by atoms with Crippen LogP contribution >= 0.6 is 0 Å². The molecule has 1 atom stereocenters. The summed E-state index contributed by atoms with van der Waals surface area (Å²) in [6.45, 7) is 3.65. The van der Waals surface area contributed by atoms with Crippen LogP contribution in [0.3, 0.4) is 0 Å². The molecule has 2 rings (SSSR count). The highest BCUT2D eigenvalue weighted by Gasteiger charge is 2.13. The van der Waals surface area contributed by atoms with Crippen LogP contribution in [0.4, 0.5) is 5.69 Å². The van der Waals surface area contributed by atoms with Crippen LogP contribution in [0.2, 0.25) is 0 Å². The van der Waals surface area contributed by atoms with Gasteiger partial charge in [-0.25, -0.2) is 4.79 Å². The van der Waals surface area contributed by atoms with Crippen LogP contribution in [0.15, 0.2) is 54.6 Å². The Morgan fingerprint density at radius 1 is 1.22 bits per heavy atom. The number of non-ortho nitro benzene ring substituents is 1. The van der Waals surface area contributed by atoms with E-state index in [1.165, 1.54) is 18.2 Å². The van der Waals surface area contributed by atoms with E-state index in [1.54, 1.807) is 25.1 Å². The van der Waals surface area contributed by atoms with Crippen LogP contribution in [0.1, 0.15) is 29.7 Å². The van der Waals surface area contributed by atoms with E-state index in [0.29, 0.717) is 5.56 Å². The minimum atomic E-state index is -0.565. The number of rotatable bonds is 5. The minimum Gasteiger partial charge on any atom is -0.455 e. The summed E-state index contributed by atoms with van der Waals surface area (Å²) in [6, 6.07) is 13.8. The quantitative estimate of drug-likeness (QED) is 0.359. The van der Waals surface area contributed by atoms with Gasteiger partial charge in [-0.05, 0) is 31.1 Å². The number of aryl methyl sites for hydroxylation is 1. The molecule has 0 bridgehead atoms. The lowest BCUT2D eigenvalue weighted by atomic mass is 10.1. The molecule has 0 aliphatic carbocycles. The zero-order chi connectivity index (χ0) is 16.8. The minimum absolute atomic E-state index is 0.0271. The van der Waals surface area contributed by atoms with Crippen molar-refractivity contribution in [1.29, 1.82) is 0 Å². The normalized spacial score (nSPS) is 12.1. The second kappa shape index (κ2) is 7.35. The van der Waals surface area contributed by atoms with Gasteiger partial charge >= 0.3 is 5.97 Å². The Balaban J connectivity index is 2.02. The fourth-order valence-corrected chi connectivity index (χ4v) is 2.11. The third-order valence-electron chi connectivity index (χ3n) is 3.30. The maximum absolute atomic E-state index is 11.9. The van der Waals surface area contributed by atoms with Gasteiger partial charge in [-0.3, -0.25) is 10.1 Å². The fourth-order valence-electron chi connectivity index (χ4n) is 2.11. The Bertz CT molecular complexity index is 752. The molecule has 0 aliphatic rings. The van der Waals surface area contributed by atoms with Gasteiger partial charge in [-0.15, -0.1) is 0 Å². The molecule has 0 spiro atoms. The highest BCUT2D eigenvalue weighted by molar-refractivity contribution is 5.87. The molecule has 0 heterocycles. The number of esters is 1. The zero-order valence-electron chi connectivity index (χ0n) is 12.9. The summed E-state index contributed by atoms with van der Waals surface area (Å²) in [6.07, 6.45) is 2.46. The Morgan fingerprint density at radius 3 is 2.65 bits per heavy atom. The zero-order valence-corrected chi connectivity index (χ0v) is 12.9. The molecule has 118 valence electrons. The molecule has 23 heavy (non-hydrogen) atoms. The number of nitro groups is 1. The number of ether oxygens (including phenoxy) is 1. The first-order valence-electron chi connectivity index (χ1n) is 7.15. The van der Waals surface area contributed by atoms with Crippen molar-refractivity contribution >= 4 is 17.7 Å². The summed E-state index contributed by atoms with van der Waals surface area (Å²) in [5.41, 5.74) is 2.56. The molecular weight excluding hydrogens is 294 g/mol. The molecule has 0 amide bonds. The van der Waals surface area contributed by atoms with Crippen LogP contribution < -0.4 is 0 Å². The lowest BCUT2D eigenvalue weighted by molar-refractivity contribution is -0.385. The summed E-state index contributed by atoms with van der Waals surface area (Å²) < 4.78 is 5.27. The third-order valence-corrected chi connectivity index (χ3v) is 3.30. The molecule has 0 fully saturated rings. The molecule has 0 aliphatic heterocycles. The van der Waals surface area contributed by atoms with Gasteiger partial charge in [0.1, 0.15) is 6.10 Å². The van der Waals surface area contributed by atoms with Crippen molar-refractivity contribution in [2.24, 2.45) is 0 Å². The van der Waals surface area contributed by atoms with Crippen LogP contribution in [0.5, 0.6) is 0 Å². The van der Waals surface area contributed by atoms with Gasteiger partial charge in [-0.1, -0.05) is 42.0 Å². The van der Waals surface area contributed by atoms with Gasteiger partial charge in [0.15, 0.2) is 0 Å². The van der Waals surface area contributed by atoms with E-state index in [0.717, 1.165) is 11.1 Å². The molecule has 2 aromatic carbocycles. The lowest BCUT2D eigenvalue weighted by Gasteiger charge is -2.11. The molecule has 0 saturated heterocycles. The van der Waals surface area contributed by atoms with E-state index in [-0.39, 0.29) is 5.69 Å². The first kappa shape index (κ1) is 16.4. The van der Waals surface area contributed by atoms with Crippen molar-refractivity contribution in [2.75, 3.05) is 0 Å². The van der Waals surface area contributed by atoms with Crippen molar-refractivity contribution in [1.82, 2.24) is 0 Å². The Kier molecular flexibility index (Phi) is 5.25. The number of nitro benzene ring substituents is 1. The van der Waals surface area contributed by atoms with Crippen LogP contribution in [-0.2, 0) is 9.53 Å². The van der Waals surface area contributed by atoms with Crippen LogP contribution in [0, 0.1) is 17.0 Å². The number of benzene rings is 2. The second-order valence-electron chi connectivity index (χ2n) is 5.18. The number of hydrogen-bond acceptors (Lipinski definition) is 4. The van der Waals surface area contributed by atoms with E-state index >= 15 is 0 Å². The maximum atomic E-state index is 11.9. The van der Waals surface area contributed by atoms with Crippen molar-refractivity contribution in [3.63, 3.8) is 0 Å². The predicted molar refractivity (Wildman–Crippen MR) is 87.8 cm³/mol. The summed E-state index contributed by atoms with van der Waals surface area (Å²) in [5, 5.41) is 10.8. The number of hydrogen-bond donors (Lipinski definition) is 0. The molecule has 0 saturated carbocycles. The van der Waals surface area contributed by atoms with E-state index in [2.05, 4.69) is 0 Å². The fraction of sp³-hybridized carbons (Fsp3) is 0.167. The Hall–Kier alpha value is -2.95. The van der Waals surface area contributed by atoms with E-state index in [9.17, 15) is 14.9 Å². The molecule has 5 nitrogen and oxygen atoms in total. The molecule has 0 radical (unpaired) electrons. The summed E-state index contributed by atoms with van der Waals surface area (Å²) in [5.74, 6) is -0.495. The smallest absolute Gasteiger partial charge is 0.331 e. The topological polar surface area (TPSA) is 69.4 Å². The average Bonchev–Trinajstić information content (AvgIpc) is 2.53.